The van der Waals surface area contributed by atoms with Gasteiger partial charge in [0.25, 0.3) is 5.91 Å². The number of carbonyl (C=O) groups excluding carboxylic acids is 1. The molecule has 0 spiro atoms. The Balaban J connectivity index is 1.19. The monoisotopic (exact) mass is 561 g/mol. The van der Waals surface area contributed by atoms with E-state index in [1.807, 2.05) is 4.90 Å². The lowest BCUT2D eigenvalue weighted by Crippen LogP contribution is -2.55. The molecule has 1 amide bonds. The van der Waals surface area contributed by atoms with Crippen molar-refractivity contribution in [2.75, 3.05) is 39.3 Å². The Labute approximate surface area is 228 Å². The SMILES string of the molecule is Cc1ccc(OCC(O)CN2CCN(NC(=O)c3cn(C4(N)CC4)c4cc(Cl)c(F)cc4c3=O)CC2)cc1F. The topological polar surface area (TPSA) is 113 Å². The van der Waals surface area contributed by atoms with E-state index < -0.39 is 28.9 Å². The molecule has 39 heavy (non-hydrogen) atoms. The number of ether oxygens (including phenoxy) is 1. The number of β-amino-alcohol motifs (C(OH)–C–C–N with tert-alkyl or cyclic N) is 1. The van der Waals surface area contributed by atoms with Crippen LogP contribution < -0.4 is 21.3 Å². The van der Waals surface area contributed by atoms with Gasteiger partial charge in [0.15, 0.2) is 0 Å². The van der Waals surface area contributed by atoms with Gasteiger partial charge in [-0.2, -0.15) is 0 Å². The number of aliphatic hydroxyl groups is 1. The molecule has 2 aliphatic rings. The number of nitrogens with two attached hydrogens (primary N) is 1. The molecule has 2 heterocycles. The summed E-state index contributed by atoms with van der Waals surface area (Å²) in [6, 6.07) is 6.96. The van der Waals surface area contributed by atoms with Crippen molar-refractivity contribution in [3.63, 3.8) is 0 Å². The second-order valence-electron chi connectivity index (χ2n) is 10.2. The van der Waals surface area contributed by atoms with E-state index in [1.54, 1.807) is 28.6 Å². The number of hydrogen-bond donors (Lipinski definition) is 3. The molecule has 2 fully saturated rings. The van der Waals surface area contributed by atoms with Gasteiger partial charge in [0, 0.05) is 50.4 Å². The van der Waals surface area contributed by atoms with Crippen molar-refractivity contribution >= 4 is 28.4 Å². The number of benzene rings is 2. The van der Waals surface area contributed by atoms with Crippen LogP contribution in [0.1, 0.15) is 28.8 Å². The third-order valence-electron chi connectivity index (χ3n) is 7.22. The van der Waals surface area contributed by atoms with E-state index in [0.717, 1.165) is 6.07 Å². The molecule has 1 saturated heterocycles. The smallest absolute Gasteiger partial charge is 0.271 e. The van der Waals surface area contributed by atoms with E-state index in [2.05, 4.69) is 5.43 Å². The summed E-state index contributed by atoms with van der Waals surface area (Å²) in [5.74, 6) is -1.37. The first-order chi connectivity index (χ1) is 18.5. The number of aliphatic hydroxyl groups excluding tert-OH is 1. The van der Waals surface area contributed by atoms with Crippen LogP contribution in [0.2, 0.25) is 5.02 Å². The van der Waals surface area contributed by atoms with Gasteiger partial charge in [-0.1, -0.05) is 17.7 Å². The first kappa shape index (κ1) is 27.5. The van der Waals surface area contributed by atoms with Crippen molar-refractivity contribution in [2.24, 2.45) is 5.73 Å². The van der Waals surface area contributed by atoms with E-state index in [9.17, 15) is 23.5 Å². The lowest BCUT2D eigenvalue weighted by molar-refractivity contribution is 0.0316. The van der Waals surface area contributed by atoms with Crippen LogP contribution >= 0.6 is 11.6 Å². The predicted molar refractivity (Wildman–Crippen MR) is 143 cm³/mol. The molecule has 1 aliphatic carbocycles. The summed E-state index contributed by atoms with van der Waals surface area (Å²) < 4.78 is 35.0. The Kier molecular flexibility index (Phi) is 7.62. The van der Waals surface area contributed by atoms with E-state index in [-0.39, 0.29) is 28.4 Å². The third-order valence-corrected chi connectivity index (χ3v) is 7.51. The van der Waals surface area contributed by atoms with Crippen molar-refractivity contribution in [3.8, 4) is 5.75 Å². The lowest BCUT2D eigenvalue weighted by atomic mass is 10.1. The molecule has 9 nitrogen and oxygen atoms in total. The first-order valence-corrected chi connectivity index (χ1v) is 13.1. The average Bonchev–Trinajstić information content (AvgIpc) is 3.65. The number of nitrogens with zero attached hydrogens (tertiary/aromatic N) is 3. The highest BCUT2D eigenvalue weighted by atomic mass is 35.5. The fourth-order valence-corrected chi connectivity index (χ4v) is 4.83. The van der Waals surface area contributed by atoms with Gasteiger partial charge in [-0.05, 0) is 43.5 Å². The van der Waals surface area contributed by atoms with Crippen molar-refractivity contribution in [3.05, 3.63) is 74.5 Å². The number of piperazine rings is 1. The van der Waals surface area contributed by atoms with Crippen molar-refractivity contribution < 1.29 is 23.4 Å². The van der Waals surface area contributed by atoms with Gasteiger partial charge in [0.05, 0.1) is 16.2 Å². The highest BCUT2D eigenvalue weighted by Crippen LogP contribution is 2.40. The highest BCUT2D eigenvalue weighted by molar-refractivity contribution is 6.31. The van der Waals surface area contributed by atoms with Gasteiger partial charge in [-0.15, -0.1) is 0 Å². The summed E-state index contributed by atoms with van der Waals surface area (Å²) in [6.45, 7) is 4.03. The molecule has 1 saturated carbocycles. The maximum Gasteiger partial charge on any atom is 0.271 e. The fourth-order valence-electron chi connectivity index (χ4n) is 4.67. The van der Waals surface area contributed by atoms with Crippen molar-refractivity contribution in [1.29, 1.82) is 0 Å². The number of amides is 1. The minimum absolute atomic E-state index is 0.0160. The molecule has 0 radical (unpaired) electrons. The van der Waals surface area contributed by atoms with Gasteiger partial charge in [0.1, 0.15) is 35.7 Å². The van der Waals surface area contributed by atoms with Crippen LogP contribution in [0.4, 0.5) is 8.78 Å². The zero-order valence-electron chi connectivity index (χ0n) is 21.4. The number of halogens is 3. The maximum atomic E-state index is 14.2. The summed E-state index contributed by atoms with van der Waals surface area (Å²) in [7, 11) is 0. The zero-order valence-corrected chi connectivity index (χ0v) is 22.2. The van der Waals surface area contributed by atoms with Gasteiger partial charge in [0.2, 0.25) is 5.43 Å². The third kappa shape index (κ3) is 5.92. The first-order valence-electron chi connectivity index (χ1n) is 12.7. The molecule has 5 rings (SSSR count). The Hall–Kier alpha value is -3.09. The second kappa shape index (κ2) is 10.8. The molecule has 2 aromatic carbocycles. The number of hydrazine groups is 1. The van der Waals surface area contributed by atoms with Crippen LogP contribution in [0.5, 0.6) is 5.75 Å². The number of aryl methyl sites for hydroxylation is 1. The standard InChI is InChI=1S/C27H30ClF2N5O4/c1-16-2-3-18(10-22(16)29)39-15-17(36)13-33-6-8-34(9-7-33)32-26(38)20-14-35(27(31)4-5-27)24-12-21(28)23(30)11-19(24)25(20)37/h2-3,10-12,14,17,36H,4-9,13,15,31H2,1H3,(H,32,38). The fraction of sp³-hybridized carbons (Fsp3) is 0.407. The zero-order chi connectivity index (χ0) is 27.9. The molecule has 1 aliphatic heterocycles. The molecule has 3 aromatic rings. The molecule has 1 unspecified atom stereocenters. The van der Waals surface area contributed by atoms with Gasteiger partial charge in [-0.25, -0.2) is 13.8 Å². The van der Waals surface area contributed by atoms with Crippen LogP contribution in [0.25, 0.3) is 10.9 Å². The molecular weight excluding hydrogens is 532 g/mol. The molecule has 208 valence electrons. The molecule has 4 N–H and O–H groups in total. The average molecular weight is 562 g/mol. The molecule has 1 aromatic heterocycles. The molecular formula is C27H30ClF2N5O4. The van der Waals surface area contributed by atoms with Crippen LogP contribution in [-0.2, 0) is 5.66 Å². The number of rotatable bonds is 8. The van der Waals surface area contributed by atoms with Crippen molar-refractivity contribution in [1.82, 2.24) is 19.9 Å². The van der Waals surface area contributed by atoms with Crippen LogP contribution in [0.15, 0.2) is 41.3 Å². The number of carbonyl (C=O) groups is 1. The summed E-state index contributed by atoms with van der Waals surface area (Å²) >= 11 is 5.96. The van der Waals surface area contributed by atoms with Crippen LogP contribution in [0, 0.1) is 18.6 Å². The Morgan fingerprint density at radius 3 is 2.56 bits per heavy atom. The van der Waals surface area contributed by atoms with E-state index in [1.165, 1.54) is 18.3 Å². The van der Waals surface area contributed by atoms with E-state index in [0.29, 0.717) is 62.4 Å². The normalized spacial score (nSPS) is 18.2. The molecule has 0 bridgehead atoms. The Bertz CT molecular complexity index is 1470. The van der Waals surface area contributed by atoms with Crippen LogP contribution in [0.3, 0.4) is 0 Å². The number of fused-ring (bicyclic) bond motifs is 1. The van der Waals surface area contributed by atoms with Crippen LogP contribution in [-0.4, -0.2) is 70.9 Å². The Morgan fingerprint density at radius 1 is 1.18 bits per heavy atom. The summed E-state index contributed by atoms with van der Waals surface area (Å²) in [5.41, 5.74) is 8.55. The predicted octanol–water partition coefficient (Wildman–Crippen LogP) is 2.35. The van der Waals surface area contributed by atoms with Gasteiger partial charge < -0.3 is 20.1 Å². The van der Waals surface area contributed by atoms with E-state index in [4.69, 9.17) is 22.1 Å². The van der Waals surface area contributed by atoms with Crippen molar-refractivity contribution in [2.45, 2.75) is 31.5 Å². The number of hydrogen-bond acceptors (Lipinski definition) is 7. The van der Waals surface area contributed by atoms with E-state index >= 15 is 0 Å². The number of pyridine rings is 1. The molecule has 12 heteroatoms. The van der Waals surface area contributed by atoms with Gasteiger partial charge in [-0.3, -0.25) is 19.9 Å². The quantitative estimate of drug-likeness (QED) is 0.387. The Morgan fingerprint density at radius 2 is 1.90 bits per heavy atom. The summed E-state index contributed by atoms with van der Waals surface area (Å²) in [5, 5.41) is 12.0. The minimum Gasteiger partial charge on any atom is -0.491 e. The minimum atomic E-state index is -0.786. The molecule has 1 atom stereocenters. The summed E-state index contributed by atoms with van der Waals surface area (Å²) in [6.07, 6.45) is 1.95. The van der Waals surface area contributed by atoms with Gasteiger partial charge >= 0.3 is 0 Å². The maximum absolute atomic E-state index is 14.2. The number of nitrogens with one attached hydrogen (secondary N) is 1. The number of aromatic nitrogens is 1. The largest absolute Gasteiger partial charge is 0.491 e. The lowest BCUT2D eigenvalue weighted by Gasteiger charge is -2.35. The second-order valence-corrected chi connectivity index (χ2v) is 10.6. The highest BCUT2D eigenvalue weighted by Gasteiger charge is 2.41. The summed E-state index contributed by atoms with van der Waals surface area (Å²) in [4.78, 5) is 28.3.